The highest BCUT2D eigenvalue weighted by atomic mass is 16.5. The van der Waals surface area contributed by atoms with E-state index in [1.54, 1.807) is 0 Å². The lowest BCUT2D eigenvalue weighted by Gasteiger charge is -2.24. The van der Waals surface area contributed by atoms with Gasteiger partial charge in [-0.3, -0.25) is 4.99 Å². The zero-order valence-corrected chi connectivity index (χ0v) is 14.9. The molecule has 1 spiro atoms. The molecule has 2 saturated heterocycles. The fourth-order valence-corrected chi connectivity index (χ4v) is 3.52. The average Bonchev–Trinajstić information content (AvgIpc) is 3.23. The van der Waals surface area contributed by atoms with Gasteiger partial charge in [0.15, 0.2) is 5.96 Å². The lowest BCUT2D eigenvalue weighted by atomic mass is 9.87. The van der Waals surface area contributed by atoms with E-state index < -0.39 is 0 Å². The lowest BCUT2D eigenvalue weighted by molar-refractivity contribution is 0.156. The highest BCUT2D eigenvalue weighted by Crippen LogP contribution is 2.38. The minimum absolute atomic E-state index is 0.367. The van der Waals surface area contributed by atoms with Gasteiger partial charge in [-0.25, -0.2) is 0 Å². The van der Waals surface area contributed by atoms with Crippen LogP contribution < -0.4 is 10.1 Å². The Morgan fingerprint density at radius 1 is 1.33 bits per heavy atom. The van der Waals surface area contributed by atoms with Gasteiger partial charge in [0.1, 0.15) is 5.75 Å². The molecule has 2 heterocycles. The summed E-state index contributed by atoms with van der Waals surface area (Å²) in [5.74, 6) is 1.95. The summed E-state index contributed by atoms with van der Waals surface area (Å²) in [5, 5.41) is 3.47. The van der Waals surface area contributed by atoms with E-state index in [0.29, 0.717) is 12.0 Å². The van der Waals surface area contributed by atoms with E-state index in [0.717, 1.165) is 51.0 Å². The van der Waals surface area contributed by atoms with Gasteiger partial charge < -0.3 is 19.7 Å². The van der Waals surface area contributed by atoms with Crippen molar-refractivity contribution in [3.05, 3.63) is 29.8 Å². The molecule has 132 valence electrons. The SMILES string of the molecule is CN=C(NCCCOc1ccc(C)cc1)N1CCC2(CCOC2)C1. The van der Waals surface area contributed by atoms with Crippen LogP contribution in [-0.4, -0.2) is 57.4 Å². The molecule has 0 bridgehead atoms. The number of aryl methyl sites for hydroxylation is 1. The van der Waals surface area contributed by atoms with Crippen LogP contribution in [0.2, 0.25) is 0 Å². The third-order valence-corrected chi connectivity index (χ3v) is 5.03. The Bertz CT molecular complexity index is 550. The van der Waals surface area contributed by atoms with Crippen LogP contribution in [0, 0.1) is 12.3 Å². The van der Waals surface area contributed by atoms with Crippen LogP contribution in [0.25, 0.3) is 0 Å². The van der Waals surface area contributed by atoms with Crippen LogP contribution in [-0.2, 0) is 4.74 Å². The Morgan fingerprint density at radius 3 is 2.88 bits per heavy atom. The van der Waals surface area contributed by atoms with Gasteiger partial charge in [-0.1, -0.05) is 17.7 Å². The summed E-state index contributed by atoms with van der Waals surface area (Å²) in [6.45, 7) is 7.62. The number of hydrogen-bond donors (Lipinski definition) is 1. The molecule has 2 fully saturated rings. The summed E-state index contributed by atoms with van der Waals surface area (Å²) >= 11 is 0. The van der Waals surface area contributed by atoms with E-state index in [1.165, 1.54) is 18.4 Å². The zero-order chi connectivity index (χ0) is 16.8. The quantitative estimate of drug-likeness (QED) is 0.511. The number of guanidine groups is 1. The molecule has 1 N–H and O–H groups in total. The van der Waals surface area contributed by atoms with E-state index in [1.807, 2.05) is 19.2 Å². The van der Waals surface area contributed by atoms with E-state index >= 15 is 0 Å². The standard InChI is InChI=1S/C19H29N3O2/c1-16-4-6-17(7-5-16)24-12-3-10-21-18(20-2)22-11-8-19(14-22)9-13-23-15-19/h4-7H,3,8-15H2,1-2H3,(H,20,21). The van der Waals surface area contributed by atoms with Crippen LogP contribution in [0.3, 0.4) is 0 Å². The minimum atomic E-state index is 0.367. The van der Waals surface area contributed by atoms with Crippen molar-refractivity contribution in [3.8, 4) is 5.75 Å². The second kappa shape index (κ2) is 7.88. The van der Waals surface area contributed by atoms with Crippen molar-refractivity contribution >= 4 is 5.96 Å². The maximum absolute atomic E-state index is 5.77. The number of ether oxygens (including phenoxy) is 2. The van der Waals surface area contributed by atoms with E-state index in [4.69, 9.17) is 9.47 Å². The summed E-state index contributed by atoms with van der Waals surface area (Å²) in [4.78, 5) is 6.81. The fraction of sp³-hybridized carbons (Fsp3) is 0.632. The van der Waals surface area contributed by atoms with Crippen molar-refractivity contribution in [1.82, 2.24) is 10.2 Å². The van der Waals surface area contributed by atoms with Crippen molar-refractivity contribution in [3.63, 3.8) is 0 Å². The molecular weight excluding hydrogens is 302 g/mol. The van der Waals surface area contributed by atoms with Crippen LogP contribution in [0.4, 0.5) is 0 Å². The second-order valence-corrected chi connectivity index (χ2v) is 6.96. The van der Waals surface area contributed by atoms with Gasteiger partial charge in [0, 0.05) is 38.7 Å². The molecule has 5 nitrogen and oxygen atoms in total. The van der Waals surface area contributed by atoms with Crippen LogP contribution in [0.5, 0.6) is 5.75 Å². The number of hydrogen-bond acceptors (Lipinski definition) is 3. The Morgan fingerprint density at radius 2 is 2.17 bits per heavy atom. The van der Waals surface area contributed by atoms with E-state index in [2.05, 4.69) is 34.3 Å². The largest absolute Gasteiger partial charge is 0.494 e. The lowest BCUT2D eigenvalue weighted by Crippen LogP contribution is -2.42. The summed E-state index contributed by atoms with van der Waals surface area (Å²) in [6.07, 6.45) is 3.35. The number of nitrogens with zero attached hydrogens (tertiary/aromatic N) is 2. The van der Waals surface area contributed by atoms with Crippen LogP contribution >= 0.6 is 0 Å². The fourth-order valence-electron chi connectivity index (χ4n) is 3.52. The van der Waals surface area contributed by atoms with Gasteiger partial charge in [-0.15, -0.1) is 0 Å². The first-order valence-electron chi connectivity index (χ1n) is 8.94. The maximum atomic E-state index is 5.77. The first-order chi connectivity index (χ1) is 11.7. The van der Waals surface area contributed by atoms with Gasteiger partial charge in [0.25, 0.3) is 0 Å². The maximum Gasteiger partial charge on any atom is 0.193 e. The molecule has 0 saturated carbocycles. The number of likely N-dealkylation sites (tertiary alicyclic amines) is 1. The smallest absolute Gasteiger partial charge is 0.193 e. The Balaban J connectivity index is 1.37. The van der Waals surface area contributed by atoms with Gasteiger partial charge in [-0.05, 0) is 38.3 Å². The molecule has 5 heteroatoms. The van der Waals surface area contributed by atoms with Gasteiger partial charge in [0.2, 0.25) is 0 Å². The van der Waals surface area contributed by atoms with Gasteiger partial charge in [0.05, 0.1) is 13.2 Å². The van der Waals surface area contributed by atoms with Crippen molar-refractivity contribution in [2.75, 3.05) is 46.5 Å². The molecule has 0 radical (unpaired) electrons. The molecule has 0 aromatic heterocycles. The molecular formula is C19H29N3O2. The normalized spacial score (nSPS) is 23.9. The average molecular weight is 331 g/mol. The first-order valence-corrected chi connectivity index (χ1v) is 8.94. The topological polar surface area (TPSA) is 46.1 Å². The Kier molecular flexibility index (Phi) is 5.61. The molecule has 0 aliphatic carbocycles. The summed E-state index contributed by atoms with van der Waals surface area (Å²) in [5.41, 5.74) is 1.62. The molecule has 0 amide bonds. The summed E-state index contributed by atoms with van der Waals surface area (Å²) in [6, 6.07) is 8.20. The minimum Gasteiger partial charge on any atom is -0.494 e. The third-order valence-electron chi connectivity index (χ3n) is 5.03. The van der Waals surface area contributed by atoms with Gasteiger partial charge >= 0.3 is 0 Å². The highest BCUT2D eigenvalue weighted by Gasteiger charge is 2.42. The predicted molar refractivity (Wildman–Crippen MR) is 96.7 cm³/mol. The number of aliphatic imine (C=N–C) groups is 1. The molecule has 2 aliphatic rings. The molecule has 2 aliphatic heterocycles. The van der Waals surface area contributed by atoms with Crippen molar-refractivity contribution in [1.29, 1.82) is 0 Å². The predicted octanol–water partition coefficient (Wildman–Crippen LogP) is 2.45. The second-order valence-electron chi connectivity index (χ2n) is 6.96. The van der Waals surface area contributed by atoms with Crippen LogP contribution in [0.1, 0.15) is 24.8 Å². The third kappa shape index (κ3) is 4.20. The monoisotopic (exact) mass is 331 g/mol. The van der Waals surface area contributed by atoms with Crippen molar-refractivity contribution in [2.24, 2.45) is 10.4 Å². The molecule has 1 aromatic carbocycles. The van der Waals surface area contributed by atoms with E-state index in [9.17, 15) is 0 Å². The Labute approximate surface area is 145 Å². The van der Waals surface area contributed by atoms with Crippen molar-refractivity contribution in [2.45, 2.75) is 26.2 Å². The van der Waals surface area contributed by atoms with Gasteiger partial charge in [-0.2, -0.15) is 0 Å². The van der Waals surface area contributed by atoms with Crippen molar-refractivity contribution < 1.29 is 9.47 Å². The van der Waals surface area contributed by atoms with Crippen LogP contribution in [0.15, 0.2) is 29.3 Å². The number of nitrogens with one attached hydrogen (secondary N) is 1. The first kappa shape index (κ1) is 17.1. The molecule has 1 unspecified atom stereocenters. The number of benzene rings is 1. The zero-order valence-electron chi connectivity index (χ0n) is 14.9. The number of rotatable bonds is 5. The van der Waals surface area contributed by atoms with E-state index in [-0.39, 0.29) is 0 Å². The molecule has 24 heavy (non-hydrogen) atoms. The molecule has 1 atom stereocenters. The molecule has 1 aromatic rings. The molecule has 3 rings (SSSR count). The summed E-state index contributed by atoms with van der Waals surface area (Å²) in [7, 11) is 1.86. The summed E-state index contributed by atoms with van der Waals surface area (Å²) < 4.78 is 11.4. The Hall–Kier alpha value is -1.75. The highest BCUT2D eigenvalue weighted by molar-refractivity contribution is 5.80.